The molecule has 0 radical (unpaired) electrons. The van der Waals surface area contributed by atoms with Gasteiger partial charge in [0.25, 0.3) is 0 Å². The number of amides is 1. The third-order valence-corrected chi connectivity index (χ3v) is 4.33. The van der Waals surface area contributed by atoms with Crippen LogP contribution >= 0.6 is 0 Å². The van der Waals surface area contributed by atoms with Gasteiger partial charge < -0.3 is 37.2 Å². The summed E-state index contributed by atoms with van der Waals surface area (Å²) in [7, 11) is 0. The molecule has 0 aromatic heterocycles. The van der Waals surface area contributed by atoms with Crippen LogP contribution in [0.4, 0.5) is 0 Å². The highest BCUT2D eigenvalue weighted by atomic mass is 16.4. The molecule has 11 nitrogen and oxygen atoms in total. The number of carbonyl (C=O) groups excluding carboxylic acids is 3. The van der Waals surface area contributed by atoms with Crippen LogP contribution < -0.4 is 16.8 Å². The zero-order valence-electron chi connectivity index (χ0n) is 15.7. The van der Waals surface area contributed by atoms with Crippen molar-refractivity contribution in [1.82, 2.24) is 5.32 Å². The third kappa shape index (κ3) is 9.33. The van der Waals surface area contributed by atoms with E-state index in [-0.39, 0.29) is 6.42 Å². The maximum absolute atomic E-state index is 12.2. The van der Waals surface area contributed by atoms with Crippen LogP contribution in [0.25, 0.3) is 0 Å². The van der Waals surface area contributed by atoms with E-state index in [1.54, 1.807) is 0 Å². The number of nitrogens with two attached hydrogens (primary N) is 2. The van der Waals surface area contributed by atoms with Gasteiger partial charge >= 0.3 is 5.97 Å². The number of carbonyl (C=O) groups is 4. The van der Waals surface area contributed by atoms with Crippen LogP contribution in [0.5, 0.6) is 0 Å². The van der Waals surface area contributed by atoms with Crippen molar-refractivity contribution in [2.24, 2.45) is 23.3 Å². The Morgan fingerprint density at radius 2 is 1.43 bits per heavy atom. The zero-order chi connectivity index (χ0) is 21.7. The van der Waals surface area contributed by atoms with Gasteiger partial charge in [0.1, 0.15) is 11.8 Å². The standard InChI is InChI=1S/C17H31N3O8/c18-4-2-1-3-12(19)14(24)5-10(7-21)16(26)20-13(9-23)15(25)6-11(8-22)17(27)28/h10-13,21-23H,1-9,18-19H2,(H,20,26)(H,27,28). The van der Waals surface area contributed by atoms with E-state index in [0.29, 0.717) is 25.8 Å². The lowest BCUT2D eigenvalue weighted by Crippen LogP contribution is -2.48. The summed E-state index contributed by atoms with van der Waals surface area (Å²) in [6.07, 6.45) is 0.816. The lowest BCUT2D eigenvalue weighted by Gasteiger charge is -2.21. The molecule has 0 aromatic rings. The topological polar surface area (TPSA) is 213 Å². The smallest absolute Gasteiger partial charge is 0.309 e. The normalized spacial score (nSPS) is 15.3. The Balaban J connectivity index is 4.80. The van der Waals surface area contributed by atoms with Crippen molar-refractivity contribution in [3.8, 4) is 0 Å². The summed E-state index contributed by atoms with van der Waals surface area (Å²) in [6, 6.07) is -2.21. The Bertz CT molecular complexity index is 529. The molecule has 0 saturated heterocycles. The molecule has 0 aromatic carbocycles. The van der Waals surface area contributed by atoms with E-state index in [4.69, 9.17) is 21.7 Å². The Hall–Kier alpha value is -1.92. The van der Waals surface area contributed by atoms with Crippen molar-refractivity contribution >= 4 is 23.4 Å². The number of aliphatic hydroxyl groups excluding tert-OH is 3. The van der Waals surface area contributed by atoms with E-state index >= 15 is 0 Å². The number of aliphatic carboxylic acids is 1. The molecular formula is C17H31N3O8. The van der Waals surface area contributed by atoms with E-state index in [9.17, 15) is 29.4 Å². The van der Waals surface area contributed by atoms with Crippen LogP contribution in [-0.4, -0.2) is 82.3 Å². The van der Waals surface area contributed by atoms with Crippen LogP contribution in [0, 0.1) is 11.8 Å². The van der Waals surface area contributed by atoms with Gasteiger partial charge in [0, 0.05) is 12.8 Å². The first-order valence-electron chi connectivity index (χ1n) is 9.08. The maximum atomic E-state index is 12.2. The maximum Gasteiger partial charge on any atom is 0.309 e. The molecule has 0 aliphatic carbocycles. The molecule has 4 unspecified atom stereocenters. The molecule has 1 amide bonds. The first kappa shape index (κ1) is 26.1. The van der Waals surface area contributed by atoms with Gasteiger partial charge in [-0.1, -0.05) is 6.42 Å². The van der Waals surface area contributed by atoms with Gasteiger partial charge in [-0.2, -0.15) is 0 Å². The van der Waals surface area contributed by atoms with Gasteiger partial charge in [0.15, 0.2) is 5.78 Å². The van der Waals surface area contributed by atoms with Crippen LogP contribution in [0.1, 0.15) is 32.1 Å². The number of aliphatic hydroxyl groups is 3. The molecule has 162 valence electrons. The van der Waals surface area contributed by atoms with E-state index in [1.807, 2.05) is 0 Å². The Labute approximate surface area is 163 Å². The number of unbranched alkanes of at least 4 members (excludes halogenated alkanes) is 1. The van der Waals surface area contributed by atoms with Crippen molar-refractivity contribution in [2.45, 2.75) is 44.2 Å². The Morgan fingerprint density at radius 1 is 0.857 bits per heavy atom. The molecule has 0 rings (SSSR count). The predicted molar refractivity (Wildman–Crippen MR) is 97.9 cm³/mol. The average Bonchev–Trinajstić information content (AvgIpc) is 2.67. The van der Waals surface area contributed by atoms with E-state index in [1.165, 1.54) is 0 Å². The van der Waals surface area contributed by atoms with Gasteiger partial charge in [0.05, 0.1) is 37.7 Å². The van der Waals surface area contributed by atoms with Gasteiger partial charge in [-0.3, -0.25) is 19.2 Å². The molecule has 0 aliphatic rings. The highest BCUT2D eigenvalue weighted by Crippen LogP contribution is 2.10. The number of hydrogen-bond acceptors (Lipinski definition) is 9. The molecule has 0 spiro atoms. The molecule has 0 saturated carbocycles. The number of carboxylic acid groups (broad SMARTS) is 1. The lowest BCUT2D eigenvalue weighted by atomic mass is 9.95. The molecule has 11 heteroatoms. The zero-order valence-corrected chi connectivity index (χ0v) is 15.7. The van der Waals surface area contributed by atoms with Gasteiger partial charge in [-0.25, -0.2) is 0 Å². The summed E-state index contributed by atoms with van der Waals surface area (Å²) in [5, 5.41) is 38.7. The van der Waals surface area contributed by atoms with Crippen LogP contribution in [0.2, 0.25) is 0 Å². The fourth-order valence-electron chi connectivity index (χ4n) is 2.44. The number of Topliss-reactive ketones (excluding diaryl/α,β-unsaturated/α-hetero) is 2. The summed E-state index contributed by atoms with van der Waals surface area (Å²) in [4.78, 5) is 47.3. The highest BCUT2D eigenvalue weighted by molar-refractivity contribution is 5.94. The van der Waals surface area contributed by atoms with E-state index in [0.717, 1.165) is 0 Å². The summed E-state index contributed by atoms with van der Waals surface area (Å²) in [5.74, 6) is -5.97. The van der Waals surface area contributed by atoms with Crippen molar-refractivity contribution in [3.05, 3.63) is 0 Å². The second-order valence-electron chi connectivity index (χ2n) is 6.57. The minimum absolute atomic E-state index is 0.340. The van der Waals surface area contributed by atoms with Crippen molar-refractivity contribution in [3.63, 3.8) is 0 Å². The molecule has 9 N–H and O–H groups in total. The summed E-state index contributed by atoms with van der Waals surface area (Å²) >= 11 is 0. The Kier molecular flexibility index (Phi) is 13.2. The van der Waals surface area contributed by atoms with Gasteiger partial charge in [-0.05, 0) is 19.4 Å². The third-order valence-electron chi connectivity index (χ3n) is 4.33. The minimum Gasteiger partial charge on any atom is -0.481 e. The summed E-state index contributed by atoms with van der Waals surface area (Å²) < 4.78 is 0. The number of rotatable bonds is 16. The number of ketones is 2. The summed E-state index contributed by atoms with van der Waals surface area (Å²) in [6.45, 7) is -1.78. The monoisotopic (exact) mass is 405 g/mol. The predicted octanol–water partition coefficient (Wildman–Crippen LogP) is -2.86. The Morgan fingerprint density at radius 3 is 1.89 bits per heavy atom. The fourth-order valence-corrected chi connectivity index (χ4v) is 2.44. The molecule has 0 bridgehead atoms. The number of nitrogens with one attached hydrogen (secondary N) is 1. The van der Waals surface area contributed by atoms with Crippen LogP contribution in [-0.2, 0) is 19.2 Å². The second kappa shape index (κ2) is 14.1. The van der Waals surface area contributed by atoms with E-state index < -0.39 is 73.6 Å². The van der Waals surface area contributed by atoms with Crippen LogP contribution in [0.3, 0.4) is 0 Å². The molecule has 0 heterocycles. The quantitative estimate of drug-likeness (QED) is 0.130. The van der Waals surface area contributed by atoms with Gasteiger partial charge in [0.2, 0.25) is 5.91 Å². The number of carboxylic acids is 1. The molecular weight excluding hydrogens is 374 g/mol. The average molecular weight is 405 g/mol. The minimum atomic E-state index is -1.41. The largest absolute Gasteiger partial charge is 0.481 e. The van der Waals surface area contributed by atoms with Gasteiger partial charge in [-0.15, -0.1) is 0 Å². The molecule has 28 heavy (non-hydrogen) atoms. The van der Waals surface area contributed by atoms with Crippen molar-refractivity contribution < 1.29 is 39.6 Å². The van der Waals surface area contributed by atoms with Crippen molar-refractivity contribution in [1.29, 1.82) is 0 Å². The SMILES string of the molecule is NCCCCC(N)C(=O)CC(CO)C(=O)NC(CO)C(=O)CC(CO)C(=O)O. The number of hydrogen-bond donors (Lipinski definition) is 7. The molecule has 0 aliphatic heterocycles. The van der Waals surface area contributed by atoms with E-state index in [2.05, 4.69) is 5.32 Å². The second-order valence-corrected chi connectivity index (χ2v) is 6.57. The molecule has 0 fully saturated rings. The lowest BCUT2D eigenvalue weighted by molar-refractivity contribution is -0.145. The van der Waals surface area contributed by atoms with Crippen LogP contribution in [0.15, 0.2) is 0 Å². The summed E-state index contributed by atoms with van der Waals surface area (Å²) in [5.41, 5.74) is 11.1. The fraction of sp³-hybridized carbons (Fsp3) is 0.765. The first-order valence-corrected chi connectivity index (χ1v) is 9.08. The first-order chi connectivity index (χ1) is 13.2. The van der Waals surface area contributed by atoms with Crippen molar-refractivity contribution in [2.75, 3.05) is 26.4 Å². The highest BCUT2D eigenvalue weighted by Gasteiger charge is 2.30. The molecule has 4 atom stereocenters.